The van der Waals surface area contributed by atoms with Crippen LogP contribution in [0.5, 0.6) is 0 Å². The van der Waals surface area contributed by atoms with Gasteiger partial charge in [-0.25, -0.2) is 4.68 Å². The molecule has 1 saturated carbocycles. The van der Waals surface area contributed by atoms with E-state index in [0.29, 0.717) is 11.6 Å². The van der Waals surface area contributed by atoms with Crippen LogP contribution in [0, 0.1) is 11.3 Å². The Bertz CT molecular complexity index is 410. The fraction of sp³-hybridized carbons (Fsp3) is 0.786. The molecular weight excluding hydrogens is 224 g/mol. The molecule has 2 rings (SSSR count). The van der Waals surface area contributed by atoms with Gasteiger partial charge >= 0.3 is 0 Å². The van der Waals surface area contributed by atoms with E-state index in [-0.39, 0.29) is 0 Å². The van der Waals surface area contributed by atoms with Crippen LogP contribution in [-0.4, -0.2) is 15.0 Å². The first kappa shape index (κ1) is 13.1. The summed E-state index contributed by atoms with van der Waals surface area (Å²) in [6, 6.07) is 2.21. The van der Waals surface area contributed by atoms with Gasteiger partial charge in [-0.3, -0.25) is 0 Å². The third-order valence-electron chi connectivity index (χ3n) is 3.84. The number of hydrogen-bond donors (Lipinski definition) is 0. The van der Waals surface area contributed by atoms with Crippen LogP contribution in [0.1, 0.15) is 75.6 Å². The van der Waals surface area contributed by atoms with Crippen molar-refractivity contribution < 1.29 is 0 Å². The van der Waals surface area contributed by atoms with Crippen molar-refractivity contribution >= 4 is 0 Å². The molecule has 1 aromatic heterocycles. The Morgan fingerprint density at radius 2 is 2.06 bits per heavy atom. The maximum atomic E-state index is 9.17. The minimum Gasteiger partial charge on any atom is -0.248 e. The summed E-state index contributed by atoms with van der Waals surface area (Å²) in [6.07, 6.45) is 9.81. The van der Waals surface area contributed by atoms with Gasteiger partial charge in [0.25, 0.3) is 0 Å². The molecule has 0 aliphatic heterocycles. The van der Waals surface area contributed by atoms with Crippen molar-refractivity contribution in [1.29, 1.82) is 5.26 Å². The summed E-state index contributed by atoms with van der Waals surface area (Å²) in [7, 11) is 0. The Hall–Kier alpha value is -1.37. The molecular formula is C14H22N4. The molecule has 1 aliphatic rings. The van der Waals surface area contributed by atoms with Gasteiger partial charge in [0.1, 0.15) is 6.07 Å². The highest BCUT2D eigenvalue weighted by molar-refractivity contribution is 5.28. The van der Waals surface area contributed by atoms with E-state index in [1.807, 2.05) is 4.68 Å². The molecule has 0 spiro atoms. The van der Waals surface area contributed by atoms with E-state index in [1.54, 1.807) is 0 Å². The zero-order chi connectivity index (χ0) is 12.8. The van der Waals surface area contributed by atoms with E-state index in [4.69, 9.17) is 5.26 Å². The van der Waals surface area contributed by atoms with E-state index in [1.165, 1.54) is 44.9 Å². The second kappa shape index (κ2) is 6.53. The Morgan fingerprint density at radius 1 is 1.28 bits per heavy atom. The van der Waals surface area contributed by atoms with Crippen LogP contribution >= 0.6 is 0 Å². The first-order valence-corrected chi connectivity index (χ1v) is 7.20. The first-order valence-electron chi connectivity index (χ1n) is 7.20. The summed E-state index contributed by atoms with van der Waals surface area (Å²) in [6.45, 7) is 3.11. The van der Waals surface area contributed by atoms with Crippen molar-refractivity contribution in [3.05, 3.63) is 11.4 Å². The predicted octanol–water partition coefficient (Wildman–Crippen LogP) is 3.39. The first-order chi connectivity index (χ1) is 8.86. The number of nitriles is 1. The zero-order valence-corrected chi connectivity index (χ0v) is 11.2. The Balaban J connectivity index is 2.14. The smallest absolute Gasteiger partial charge is 0.186 e. The summed E-state index contributed by atoms with van der Waals surface area (Å²) in [5, 5.41) is 17.4. The number of hydrogen-bond acceptors (Lipinski definition) is 3. The molecule has 0 bridgehead atoms. The van der Waals surface area contributed by atoms with E-state index >= 15 is 0 Å². The number of unbranched alkanes of at least 4 members (excludes halogenated alkanes) is 2. The fourth-order valence-electron chi connectivity index (χ4n) is 2.86. The van der Waals surface area contributed by atoms with Crippen molar-refractivity contribution in [2.24, 2.45) is 0 Å². The summed E-state index contributed by atoms with van der Waals surface area (Å²) < 4.78 is 1.99. The molecule has 1 aromatic rings. The van der Waals surface area contributed by atoms with Crippen LogP contribution in [0.2, 0.25) is 0 Å². The van der Waals surface area contributed by atoms with E-state index < -0.39 is 0 Å². The quantitative estimate of drug-likeness (QED) is 0.748. The summed E-state index contributed by atoms with van der Waals surface area (Å²) >= 11 is 0. The van der Waals surface area contributed by atoms with E-state index in [0.717, 1.165) is 18.7 Å². The third kappa shape index (κ3) is 2.90. The van der Waals surface area contributed by atoms with Crippen LogP contribution in [0.15, 0.2) is 0 Å². The molecule has 0 atom stereocenters. The van der Waals surface area contributed by atoms with Crippen molar-refractivity contribution in [2.75, 3.05) is 0 Å². The number of nitrogens with zero attached hydrogens (tertiary/aromatic N) is 4. The summed E-state index contributed by atoms with van der Waals surface area (Å²) in [4.78, 5) is 0. The Kier molecular flexibility index (Phi) is 4.74. The Morgan fingerprint density at radius 3 is 2.72 bits per heavy atom. The van der Waals surface area contributed by atoms with Gasteiger partial charge in [-0.15, -0.1) is 5.10 Å². The van der Waals surface area contributed by atoms with Crippen molar-refractivity contribution in [1.82, 2.24) is 15.0 Å². The van der Waals surface area contributed by atoms with Gasteiger partial charge in [0, 0.05) is 12.5 Å². The molecule has 1 aliphatic carbocycles. The molecule has 0 aromatic carbocycles. The van der Waals surface area contributed by atoms with Gasteiger partial charge in [-0.1, -0.05) is 44.2 Å². The molecule has 0 amide bonds. The van der Waals surface area contributed by atoms with Crippen LogP contribution in [0.25, 0.3) is 0 Å². The second-order valence-electron chi connectivity index (χ2n) is 5.20. The van der Waals surface area contributed by atoms with Crippen LogP contribution in [-0.2, 0) is 6.54 Å². The molecule has 0 saturated heterocycles. The minimum absolute atomic E-state index is 0.505. The van der Waals surface area contributed by atoms with Crippen molar-refractivity contribution in [3.63, 3.8) is 0 Å². The summed E-state index contributed by atoms with van der Waals surface area (Å²) in [5.41, 5.74) is 1.66. The molecule has 1 fully saturated rings. The van der Waals surface area contributed by atoms with Crippen LogP contribution in [0.3, 0.4) is 0 Å². The van der Waals surface area contributed by atoms with Gasteiger partial charge in [0.05, 0.1) is 5.69 Å². The molecule has 4 nitrogen and oxygen atoms in total. The number of aromatic nitrogens is 3. The van der Waals surface area contributed by atoms with Crippen molar-refractivity contribution in [2.45, 2.75) is 70.8 Å². The van der Waals surface area contributed by atoms with Gasteiger partial charge in [-0.05, 0) is 19.3 Å². The maximum Gasteiger partial charge on any atom is 0.186 e. The molecule has 4 heteroatoms. The number of aryl methyl sites for hydroxylation is 1. The van der Waals surface area contributed by atoms with Gasteiger partial charge in [0.15, 0.2) is 5.69 Å². The highest BCUT2D eigenvalue weighted by Gasteiger charge is 2.24. The monoisotopic (exact) mass is 246 g/mol. The minimum atomic E-state index is 0.505. The van der Waals surface area contributed by atoms with E-state index in [9.17, 15) is 0 Å². The van der Waals surface area contributed by atoms with Crippen LogP contribution in [0.4, 0.5) is 0 Å². The second-order valence-corrected chi connectivity index (χ2v) is 5.20. The molecule has 18 heavy (non-hydrogen) atoms. The van der Waals surface area contributed by atoms with Gasteiger partial charge in [0.2, 0.25) is 0 Å². The predicted molar refractivity (Wildman–Crippen MR) is 70.1 cm³/mol. The topological polar surface area (TPSA) is 54.5 Å². The normalized spacial score (nSPS) is 16.7. The lowest BCUT2D eigenvalue weighted by Gasteiger charge is -2.22. The standard InChI is InChI=1S/C14H22N4/c1-2-3-7-10-18-14(13(11-15)16-17-18)12-8-5-4-6-9-12/h12H,2-10H2,1H3. The Labute approximate surface area is 109 Å². The van der Waals surface area contributed by atoms with Crippen molar-refractivity contribution in [3.8, 4) is 6.07 Å². The molecule has 0 radical (unpaired) electrons. The van der Waals surface area contributed by atoms with E-state index in [2.05, 4.69) is 23.3 Å². The SMILES string of the molecule is CCCCCn1nnc(C#N)c1C1CCCCC1. The largest absolute Gasteiger partial charge is 0.248 e. The fourth-order valence-corrected chi connectivity index (χ4v) is 2.86. The maximum absolute atomic E-state index is 9.17. The third-order valence-corrected chi connectivity index (χ3v) is 3.84. The zero-order valence-electron chi connectivity index (χ0n) is 11.2. The molecule has 0 unspecified atom stereocenters. The van der Waals surface area contributed by atoms with Gasteiger partial charge < -0.3 is 0 Å². The lowest BCUT2D eigenvalue weighted by atomic mass is 9.86. The lowest BCUT2D eigenvalue weighted by molar-refractivity contribution is 0.408. The lowest BCUT2D eigenvalue weighted by Crippen LogP contribution is -2.13. The molecule has 98 valence electrons. The molecule has 1 heterocycles. The highest BCUT2D eigenvalue weighted by Crippen LogP contribution is 2.33. The number of rotatable bonds is 5. The highest BCUT2D eigenvalue weighted by atomic mass is 15.4. The van der Waals surface area contributed by atoms with Crippen LogP contribution < -0.4 is 0 Å². The average molecular weight is 246 g/mol. The average Bonchev–Trinajstić information content (AvgIpc) is 2.83. The molecule has 0 N–H and O–H groups in total. The van der Waals surface area contributed by atoms with Gasteiger partial charge in [-0.2, -0.15) is 5.26 Å². The summed E-state index contributed by atoms with van der Waals surface area (Å²) in [5.74, 6) is 0.505.